The zero-order chi connectivity index (χ0) is 15.8. The van der Waals surface area contributed by atoms with Gasteiger partial charge in [-0.1, -0.05) is 0 Å². The van der Waals surface area contributed by atoms with Gasteiger partial charge < -0.3 is 15.4 Å². The van der Waals surface area contributed by atoms with E-state index < -0.39 is 0 Å². The van der Waals surface area contributed by atoms with Crippen molar-refractivity contribution in [1.29, 1.82) is 0 Å². The van der Waals surface area contributed by atoms with Crippen molar-refractivity contribution in [2.24, 2.45) is 0 Å². The molecular weight excluding hydrogens is 316 g/mol. The second-order valence-corrected chi connectivity index (χ2v) is 5.60. The van der Waals surface area contributed by atoms with Gasteiger partial charge in [-0.3, -0.25) is 0 Å². The number of nitrogens with two attached hydrogens (primary N) is 1. The fourth-order valence-corrected chi connectivity index (χ4v) is 2.92. The number of hydrogen-bond acceptors (Lipinski definition) is 6. The second kappa shape index (κ2) is 5.68. The highest BCUT2D eigenvalue weighted by Gasteiger charge is 2.18. The van der Waals surface area contributed by atoms with Gasteiger partial charge in [0.05, 0.1) is 18.8 Å². The number of ether oxygens (including phenoxy) is 1. The molecule has 0 unspecified atom stereocenters. The van der Waals surface area contributed by atoms with E-state index in [-0.39, 0.29) is 0 Å². The van der Waals surface area contributed by atoms with Crippen LogP contribution in [0.25, 0.3) is 22.6 Å². The fraction of sp³-hybridized carbons (Fsp3) is 0.267. The van der Waals surface area contributed by atoms with Crippen LogP contribution in [0.4, 0.5) is 11.6 Å². The summed E-state index contributed by atoms with van der Waals surface area (Å²) < 4.78 is 6.81. The number of halogens is 1. The standard InChI is InChI=1S/C15H15ClN6O/c16-22-14(10-2-1-5-18-13(10)17)19-11-3-4-12(20-15(11)22)21-6-8-23-9-7-21/h1-5H,6-9H2,(H2,17,18). The molecule has 0 saturated carbocycles. The third-order valence-electron chi connectivity index (χ3n) is 3.85. The van der Waals surface area contributed by atoms with Gasteiger partial charge in [0, 0.05) is 31.1 Å². The molecule has 1 aliphatic heterocycles. The average molecular weight is 331 g/mol. The van der Waals surface area contributed by atoms with Gasteiger partial charge in [-0.15, -0.1) is 0 Å². The highest BCUT2D eigenvalue weighted by molar-refractivity contribution is 6.20. The lowest BCUT2D eigenvalue weighted by molar-refractivity contribution is 0.122. The van der Waals surface area contributed by atoms with Crippen molar-refractivity contribution in [3.05, 3.63) is 30.5 Å². The van der Waals surface area contributed by atoms with Crippen molar-refractivity contribution in [2.75, 3.05) is 36.9 Å². The molecule has 0 bridgehead atoms. The Labute approximate surface area is 137 Å². The first-order valence-electron chi connectivity index (χ1n) is 7.33. The predicted octanol–water partition coefficient (Wildman–Crippen LogP) is 1.91. The summed E-state index contributed by atoms with van der Waals surface area (Å²) in [5.41, 5.74) is 7.94. The Hall–Kier alpha value is -2.38. The van der Waals surface area contributed by atoms with Crippen LogP contribution in [-0.4, -0.2) is 45.3 Å². The summed E-state index contributed by atoms with van der Waals surface area (Å²) in [5, 5.41) is 0. The van der Waals surface area contributed by atoms with E-state index in [1.54, 1.807) is 12.3 Å². The van der Waals surface area contributed by atoms with Crippen molar-refractivity contribution in [2.45, 2.75) is 0 Å². The predicted molar refractivity (Wildman–Crippen MR) is 89.5 cm³/mol. The van der Waals surface area contributed by atoms with Gasteiger partial charge in [-0.25, -0.2) is 19.0 Å². The SMILES string of the molecule is Nc1ncccc1-c1nc2ccc(N3CCOCC3)nc2n1Cl. The zero-order valence-electron chi connectivity index (χ0n) is 12.3. The van der Waals surface area contributed by atoms with Gasteiger partial charge >= 0.3 is 0 Å². The monoisotopic (exact) mass is 330 g/mol. The quantitative estimate of drug-likeness (QED) is 0.773. The van der Waals surface area contributed by atoms with Crippen molar-refractivity contribution in [3.8, 4) is 11.4 Å². The van der Waals surface area contributed by atoms with E-state index in [9.17, 15) is 0 Å². The Kier molecular flexibility index (Phi) is 3.51. The van der Waals surface area contributed by atoms with Crippen LogP contribution in [0.15, 0.2) is 30.5 Å². The van der Waals surface area contributed by atoms with Crippen molar-refractivity contribution >= 4 is 34.6 Å². The topological polar surface area (TPSA) is 82.1 Å². The van der Waals surface area contributed by atoms with Crippen LogP contribution in [0.2, 0.25) is 0 Å². The first-order valence-corrected chi connectivity index (χ1v) is 7.67. The Morgan fingerprint density at radius 2 is 1.96 bits per heavy atom. The third kappa shape index (κ3) is 2.47. The van der Waals surface area contributed by atoms with E-state index in [0.717, 1.165) is 24.4 Å². The minimum atomic E-state index is 0.387. The summed E-state index contributed by atoms with van der Waals surface area (Å²) in [7, 11) is 0. The van der Waals surface area contributed by atoms with Crippen molar-refractivity contribution in [3.63, 3.8) is 0 Å². The van der Waals surface area contributed by atoms with Gasteiger partial charge in [0.2, 0.25) is 0 Å². The molecule has 7 nitrogen and oxygen atoms in total. The van der Waals surface area contributed by atoms with Gasteiger partial charge in [-0.05, 0) is 24.3 Å². The van der Waals surface area contributed by atoms with Crippen LogP contribution in [0.3, 0.4) is 0 Å². The van der Waals surface area contributed by atoms with Gasteiger partial charge in [0.25, 0.3) is 0 Å². The molecule has 0 atom stereocenters. The summed E-state index contributed by atoms with van der Waals surface area (Å²) in [4.78, 5) is 15.4. The molecule has 23 heavy (non-hydrogen) atoms. The number of morpholine rings is 1. The number of nitrogen functional groups attached to an aromatic ring is 1. The van der Waals surface area contributed by atoms with Gasteiger partial charge in [0.15, 0.2) is 11.5 Å². The molecule has 0 amide bonds. The number of aromatic nitrogens is 4. The van der Waals surface area contributed by atoms with Crippen molar-refractivity contribution < 1.29 is 4.74 Å². The number of fused-ring (bicyclic) bond motifs is 1. The zero-order valence-corrected chi connectivity index (χ0v) is 13.1. The minimum Gasteiger partial charge on any atom is -0.383 e. The first-order chi connectivity index (χ1) is 11.2. The molecule has 0 spiro atoms. The van der Waals surface area contributed by atoms with Gasteiger partial charge in [0.1, 0.15) is 17.2 Å². The van der Waals surface area contributed by atoms with E-state index in [0.29, 0.717) is 36.1 Å². The number of hydrogen-bond donors (Lipinski definition) is 1. The maximum atomic E-state index is 6.44. The van der Waals surface area contributed by atoms with Crippen LogP contribution in [0.5, 0.6) is 0 Å². The molecule has 1 fully saturated rings. The Morgan fingerprint density at radius 1 is 1.13 bits per heavy atom. The second-order valence-electron chi connectivity index (χ2n) is 5.26. The van der Waals surface area contributed by atoms with E-state index in [2.05, 4.69) is 19.9 Å². The van der Waals surface area contributed by atoms with Gasteiger partial charge in [-0.2, -0.15) is 0 Å². The van der Waals surface area contributed by atoms with Crippen LogP contribution >= 0.6 is 11.8 Å². The molecule has 3 aromatic heterocycles. The summed E-state index contributed by atoms with van der Waals surface area (Å²) in [6.45, 7) is 3.04. The number of nitrogens with zero attached hydrogens (tertiary/aromatic N) is 5. The van der Waals surface area contributed by atoms with Crippen LogP contribution in [0.1, 0.15) is 0 Å². The molecule has 8 heteroatoms. The molecule has 118 valence electrons. The molecular formula is C15H15ClN6O. The number of pyridine rings is 2. The van der Waals surface area contributed by atoms with Crippen LogP contribution in [0, 0.1) is 0 Å². The highest BCUT2D eigenvalue weighted by Crippen LogP contribution is 2.29. The Morgan fingerprint density at radius 3 is 2.74 bits per heavy atom. The minimum absolute atomic E-state index is 0.387. The molecule has 0 radical (unpaired) electrons. The number of anilines is 2. The summed E-state index contributed by atoms with van der Waals surface area (Å²) in [6, 6.07) is 7.51. The molecule has 4 rings (SSSR count). The average Bonchev–Trinajstić information content (AvgIpc) is 2.92. The highest BCUT2D eigenvalue weighted by atomic mass is 35.5. The molecule has 0 aromatic carbocycles. The molecule has 2 N–H and O–H groups in total. The summed E-state index contributed by atoms with van der Waals surface area (Å²) in [6.07, 6.45) is 1.63. The molecule has 1 saturated heterocycles. The van der Waals surface area contributed by atoms with Crippen molar-refractivity contribution in [1.82, 2.24) is 19.0 Å². The summed E-state index contributed by atoms with van der Waals surface area (Å²) in [5.74, 6) is 1.80. The normalized spacial score (nSPS) is 15.3. The smallest absolute Gasteiger partial charge is 0.177 e. The Balaban J connectivity index is 1.80. The van der Waals surface area contributed by atoms with Crippen LogP contribution in [-0.2, 0) is 4.74 Å². The lowest BCUT2D eigenvalue weighted by Crippen LogP contribution is -2.36. The lowest BCUT2D eigenvalue weighted by Gasteiger charge is -2.27. The summed E-state index contributed by atoms with van der Waals surface area (Å²) >= 11 is 6.44. The first kappa shape index (κ1) is 14.2. The maximum Gasteiger partial charge on any atom is 0.177 e. The lowest BCUT2D eigenvalue weighted by atomic mass is 10.2. The van der Waals surface area contributed by atoms with E-state index in [1.807, 2.05) is 18.2 Å². The molecule has 4 heterocycles. The number of rotatable bonds is 2. The van der Waals surface area contributed by atoms with E-state index >= 15 is 0 Å². The number of imidazole rings is 1. The molecule has 1 aliphatic rings. The fourth-order valence-electron chi connectivity index (χ4n) is 2.66. The molecule has 3 aromatic rings. The maximum absolute atomic E-state index is 6.44. The Bertz CT molecular complexity index is 858. The third-order valence-corrected chi connectivity index (χ3v) is 4.17. The van der Waals surface area contributed by atoms with E-state index in [1.165, 1.54) is 4.09 Å². The molecule has 0 aliphatic carbocycles. The van der Waals surface area contributed by atoms with E-state index in [4.69, 9.17) is 22.2 Å². The van der Waals surface area contributed by atoms with Crippen LogP contribution < -0.4 is 10.6 Å². The largest absolute Gasteiger partial charge is 0.383 e.